The molecule has 0 aliphatic heterocycles. The van der Waals surface area contributed by atoms with E-state index in [0.717, 1.165) is 5.56 Å². The van der Waals surface area contributed by atoms with Gasteiger partial charge in [0.2, 0.25) is 0 Å². The Morgan fingerprint density at radius 1 is 1.21 bits per heavy atom. The van der Waals surface area contributed by atoms with Gasteiger partial charge in [0.15, 0.2) is 5.78 Å². The summed E-state index contributed by atoms with van der Waals surface area (Å²) in [6.07, 6.45) is 0.613. The van der Waals surface area contributed by atoms with E-state index in [1.807, 2.05) is 26.0 Å². The van der Waals surface area contributed by atoms with Crippen molar-refractivity contribution in [3.8, 4) is 11.3 Å². The van der Waals surface area contributed by atoms with E-state index in [0.29, 0.717) is 34.4 Å². The van der Waals surface area contributed by atoms with Gasteiger partial charge in [0.1, 0.15) is 11.5 Å². The first-order valence-corrected chi connectivity index (χ1v) is 8.33. The summed E-state index contributed by atoms with van der Waals surface area (Å²) in [5.74, 6) is 1.09. The molecule has 1 atom stereocenters. The van der Waals surface area contributed by atoms with Crippen LogP contribution in [-0.4, -0.2) is 17.7 Å². The highest BCUT2D eigenvalue weighted by molar-refractivity contribution is 6.30. The average Bonchev–Trinajstić information content (AvgIpc) is 2.88. The zero-order valence-corrected chi connectivity index (χ0v) is 15.1. The third-order valence-corrected chi connectivity index (χ3v) is 4.05. The number of nitrogens with one attached hydrogen (secondary N) is 1. The zero-order valence-electron chi connectivity index (χ0n) is 14.4. The molecule has 0 saturated carbocycles. The Labute approximate surface area is 147 Å². The second-order valence-corrected chi connectivity index (χ2v) is 6.79. The Morgan fingerprint density at radius 2 is 1.83 bits per heavy atom. The van der Waals surface area contributed by atoms with Crippen LogP contribution in [0.4, 0.5) is 0 Å². The van der Waals surface area contributed by atoms with Gasteiger partial charge in [0.05, 0.1) is 11.6 Å². The molecule has 1 aromatic heterocycles. The molecule has 0 aliphatic rings. The Balaban J connectivity index is 2.21. The predicted molar refractivity (Wildman–Crippen MR) is 95.3 cm³/mol. The van der Waals surface area contributed by atoms with Crippen LogP contribution in [0.25, 0.3) is 11.3 Å². The minimum absolute atomic E-state index is 0.0453. The zero-order chi connectivity index (χ0) is 17.9. The third-order valence-electron chi connectivity index (χ3n) is 3.79. The largest absolute Gasteiger partial charge is 0.461 e. The predicted octanol–water partition coefficient (Wildman–Crippen LogP) is 4.64. The lowest BCUT2D eigenvalue weighted by Gasteiger charge is -2.17. The fourth-order valence-corrected chi connectivity index (χ4v) is 2.62. The molecule has 1 N–H and O–H groups in total. The highest BCUT2D eigenvalue weighted by Gasteiger charge is 2.22. The van der Waals surface area contributed by atoms with Crippen molar-refractivity contribution in [2.24, 2.45) is 5.92 Å². The maximum Gasteiger partial charge on any atom is 0.255 e. The van der Waals surface area contributed by atoms with Gasteiger partial charge >= 0.3 is 0 Å². The number of Topliss-reactive ketones (excluding diaryl/α,β-unsaturated/α-hetero) is 1. The maximum absolute atomic E-state index is 12.5. The number of rotatable bonds is 6. The van der Waals surface area contributed by atoms with E-state index in [2.05, 4.69) is 5.32 Å². The first-order valence-electron chi connectivity index (χ1n) is 7.95. The van der Waals surface area contributed by atoms with Crippen molar-refractivity contribution in [2.45, 2.75) is 40.2 Å². The minimum Gasteiger partial charge on any atom is -0.461 e. The molecule has 0 spiro atoms. The quantitative estimate of drug-likeness (QED) is 0.827. The molecule has 128 valence electrons. The summed E-state index contributed by atoms with van der Waals surface area (Å²) in [6, 6.07) is 8.41. The van der Waals surface area contributed by atoms with Crippen molar-refractivity contribution >= 4 is 23.3 Å². The first kappa shape index (κ1) is 18.3. The standard InChI is InChI=1S/C19H22ClNO3/c1-11(2)9-17(12(3)22)21-19(23)16-10-18(24-13(16)4)14-5-7-15(20)8-6-14/h5-8,10-11,17H,9H2,1-4H3,(H,21,23)/t17-/m1/s1. The van der Waals surface area contributed by atoms with Crippen molar-refractivity contribution in [2.75, 3.05) is 0 Å². The van der Waals surface area contributed by atoms with E-state index in [1.165, 1.54) is 6.92 Å². The van der Waals surface area contributed by atoms with E-state index in [9.17, 15) is 9.59 Å². The Kier molecular flexibility index (Phi) is 5.84. The minimum atomic E-state index is -0.481. The molecule has 0 bridgehead atoms. The van der Waals surface area contributed by atoms with E-state index in [4.69, 9.17) is 16.0 Å². The van der Waals surface area contributed by atoms with E-state index >= 15 is 0 Å². The first-order chi connectivity index (χ1) is 11.3. The van der Waals surface area contributed by atoms with Gasteiger partial charge in [-0.25, -0.2) is 0 Å². The van der Waals surface area contributed by atoms with E-state index < -0.39 is 6.04 Å². The molecule has 0 aliphatic carbocycles. The normalized spacial score (nSPS) is 12.2. The second-order valence-electron chi connectivity index (χ2n) is 6.35. The Bertz CT molecular complexity index is 732. The third kappa shape index (κ3) is 4.48. The second kappa shape index (κ2) is 7.67. The van der Waals surface area contributed by atoms with Gasteiger partial charge in [-0.05, 0) is 56.5 Å². The molecule has 4 nitrogen and oxygen atoms in total. The number of amides is 1. The van der Waals surface area contributed by atoms with Gasteiger partial charge < -0.3 is 9.73 Å². The molecule has 1 amide bonds. The highest BCUT2D eigenvalue weighted by atomic mass is 35.5. The summed E-state index contributed by atoms with van der Waals surface area (Å²) >= 11 is 5.89. The monoisotopic (exact) mass is 347 g/mol. The molecule has 0 fully saturated rings. The number of hydrogen-bond donors (Lipinski definition) is 1. The van der Waals surface area contributed by atoms with Gasteiger partial charge in [0, 0.05) is 10.6 Å². The Morgan fingerprint density at radius 3 is 2.38 bits per heavy atom. The molecule has 24 heavy (non-hydrogen) atoms. The lowest BCUT2D eigenvalue weighted by molar-refractivity contribution is -0.119. The number of hydrogen-bond acceptors (Lipinski definition) is 3. The number of carbonyl (C=O) groups excluding carboxylic acids is 2. The van der Waals surface area contributed by atoms with Crippen LogP contribution in [0, 0.1) is 12.8 Å². The van der Waals surface area contributed by atoms with E-state index in [1.54, 1.807) is 25.1 Å². The molecule has 0 radical (unpaired) electrons. The van der Waals surface area contributed by atoms with Crippen molar-refractivity contribution in [1.82, 2.24) is 5.32 Å². The smallest absolute Gasteiger partial charge is 0.255 e. The van der Waals surface area contributed by atoms with Gasteiger partial charge in [-0.15, -0.1) is 0 Å². The van der Waals surface area contributed by atoms with Crippen LogP contribution in [-0.2, 0) is 4.79 Å². The van der Waals surface area contributed by atoms with Gasteiger partial charge in [0.25, 0.3) is 5.91 Å². The molecule has 2 rings (SSSR count). The number of halogens is 1. The fourth-order valence-electron chi connectivity index (χ4n) is 2.50. The van der Waals surface area contributed by atoms with Crippen molar-refractivity contribution in [3.63, 3.8) is 0 Å². The van der Waals surface area contributed by atoms with Gasteiger partial charge in [-0.2, -0.15) is 0 Å². The number of aryl methyl sites for hydroxylation is 1. The number of furan rings is 1. The number of benzene rings is 1. The lowest BCUT2D eigenvalue weighted by atomic mass is 10.0. The summed E-state index contributed by atoms with van der Waals surface area (Å²) in [6.45, 7) is 7.27. The molecular weight excluding hydrogens is 326 g/mol. The van der Waals surface area contributed by atoms with Crippen LogP contribution < -0.4 is 5.32 Å². The van der Waals surface area contributed by atoms with Crippen LogP contribution in [0.5, 0.6) is 0 Å². The molecule has 1 aromatic carbocycles. The number of ketones is 1. The van der Waals surface area contributed by atoms with Crippen LogP contribution in [0.1, 0.15) is 43.3 Å². The fraction of sp³-hybridized carbons (Fsp3) is 0.368. The Hall–Kier alpha value is -2.07. The van der Waals surface area contributed by atoms with Crippen molar-refractivity contribution < 1.29 is 14.0 Å². The maximum atomic E-state index is 12.5. The summed E-state index contributed by atoms with van der Waals surface area (Å²) in [7, 11) is 0. The summed E-state index contributed by atoms with van der Waals surface area (Å²) < 4.78 is 5.70. The van der Waals surface area contributed by atoms with Crippen LogP contribution in [0.15, 0.2) is 34.7 Å². The molecule has 0 saturated heterocycles. The van der Waals surface area contributed by atoms with Gasteiger partial charge in [-0.1, -0.05) is 25.4 Å². The van der Waals surface area contributed by atoms with Gasteiger partial charge in [-0.3, -0.25) is 9.59 Å². The summed E-state index contributed by atoms with van der Waals surface area (Å²) in [4.78, 5) is 24.3. The lowest BCUT2D eigenvalue weighted by Crippen LogP contribution is -2.40. The molecular formula is C19H22ClNO3. The molecule has 5 heteroatoms. The van der Waals surface area contributed by atoms with Crippen LogP contribution >= 0.6 is 11.6 Å². The summed E-state index contributed by atoms with van der Waals surface area (Å²) in [5, 5.41) is 3.45. The topological polar surface area (TPSA) is 59.3 Å². The molecule has 2 aromatic rings. The molecule has 1 heterocycles. The summed E-state index contributed by atoms with van der Waals surface area (Å²) in [5.41, 5.74) is 1.28. The highest BCUT2D eigenvalue weighted by Crippen LogP contribution is 2.26. The average molecular weight is 348 g/mol. The molecule has 0 unspecified atom stereocenters. The van der Waals surface area contributed by atoms with Crippen molar-refractivity contribution in [1.29, 1.82) is 0 Å². The van der Waals surface area contributed by atoms with Crippen LogP contribution in [0.3, 0.4) is 0 Å². The number of carbonyl (C=O) groups is 2. The van der Waals surface area contributed by atoms with Crippen LogP contribution in [0.2, 0.25) is 5.02 Å². The van der Waals surface area contributed by atoms with Crippen molar-refractivity contribution in [3.05, 3.63) is 46.7 Å². The van der Waals surface area contributed by atoms with E-state index in [-0.39, 0.29) is 11.7 Å². The SMILES string of the molecule is CC(=O)[C@@H](CC(C)C)NC(=O)c1cc(-c2ccc(Cl)cc2)oc1C.